The van der Waals surface area contributed by atoms with Crippen molar-refractivity contribution in [3.8, 4) is 90.8 Å². The summed E-state index contributed by atoms with van der Waals surface area (Å²) in [7, 11) is 0. The van der Waals surface area contributed by atoms with Crippen molar-refractivity contribution >= 4 is 0 Å². The van der Waals surface area contributed by atoms with Crippen molar-refractivity contribution in [1.82, 2.24) is 49.8 Å². The fourth-order valence-electron chi connectivity index (χ4n) is 6.85. The molecule has 10 heteroatoms. The van der Waals surface area contributed by atoms with E-state index in [1.54, 1.807) is 6.20 Å². The minimum Gasteiger partial charge on any atom is -0.264 e. The molecule has 0 N–H and O–H groups in total. The predicted octanol–water partition coefficient (Wildman–Crippen LogP) is 11.6. The van der Waals surface area contributed by atoms with E-state index in [0.29, 0.717) is 40.8 Å². The Morgan fingerprint density at radius 1 is 0.274 bits per heavy atom. The lowest BCUT2D eigenvalue weighted by Crippen LogP contribution is -2.24. The monoisotopic (exact) mass is 808 g/mol. The average molecular weight is 809 g/mol. The van der Waals surface area contributed by atoms with Crippen molar-refractivity contribution in [3.63, 3.8) is 0 Å². The normalized spacial score (nSPS) is 11.7. The number of nitrogens with zero attached hydrogens (tertiary/aromatic N) is 10. The number of hydrogen-bond donors (Lipinski definition) is 0. The third-order valence-electron chi connectivity index (χ3n) is 10.2. The molecule has 0 bridgehead atoms. The Morgan fingerprint density at radius 3 is 0.984 bits per heavy atom. The predicted molar refractivity (Wildman–Crippen MR) is 245 cm³/mol. The van der Waals surface area contributed by atoms with Crippen molar-refractivity contribution in [2.45, 2.75) is 52.4 Å². The molecule has 5 aromatic carbocycles. The number of hydrogen-bond acceptors (Lipinski definition) is 10. The van der Waals surface area contributed by atoms with Gasteiger partial charge in [0, 0.05) is 67.7 Å². The molecule has 4 heterocycles. The lowest BCUT2D eigenvalue weighted by Gasteiger charge is -2.22. The van der Waals surface area contributed by atoms with Gasteiger partial charge in [-0.05, 0) is 35.9 Å². The lowest BCUT2D eigenvalue weighted by atomic mass is 9.93. The molecule has 62 heavy (non-hydrogen) atoms. The SMILES string of the molecule is CC(C)(C)c1nc(-c2cccc(-c3nc(-c4ccccc4)nc(-c4cc(-c5cccnc5)cc(-c5nc(-c6ccccc6)nc(-c6ccccc6)n5)c4)n3)c2)nc(C(C)(C)C)n1. The summed E-state index contributed by atoms with van der Waals surface area (Å²) in [6.07, 6.45) is 3.61. The molecule has 302 valence electrons. The molecule has 10 nitrogen and oxygen atoms in total. The zero-order valence-corrected chi connectivity index (χ0v) is 35.5. The van der Waals surface area contributed by atoms with E-state index in [2.05, 4.69) is 58.7 Å². The summed E-state index contributed by atoms with van der Waals surface area (Å²) < 4.78 is 0. The van der Waals surface area contributed by atoms with Crippen LogP contribution in [0, 0.1) is 0 Å². The largest absolute Gasteiger partial charge is 0.264 e. The van der Waals surface area contributed by atoms with E-state index in [0.717, 1.165) is 61.7 Å². The van der Waals surface area contributed by atoms with E-state index in [-0.39, 0.29) is 10.8 Å². The molecule has 9 rings (SSSR count). The molecule has 0 amide bonds. The molecule has 0 saturated carbocycles. The number of benzene rings is 5. The van der Waals surface area contributed by atoms with E-state index >= 15 is 0 Å². The number of rotatable bonds is 8. The van der Waals surface area contributed by atoms with Crippen LogP contribution in [-0.4, -0.2) is 49.8 Å². The third kappa shape index (κ3) is 8.62. The summed E-state index contributed by atoms with van der Waals surface area (Å²) >= 11 is 0. The molecule has 0 aliphatic rings. The van der Waals surface area contributed by atoms with Crippen LogP contribution in [0.1, 0.15) is 53.2 Å². The van der Waals surface area contributed by atoms with Crippen molar-refractivity contribution in [2.24, 2.45) is 0 Å². The maximum absolute atomic E-state index is 5.20. The molecule has 0 atom stereocenters. The Labute approximate surface area is 361 Å². The van der Waals surface area contributed by atoms with Crippen LogP contribution in [0.2, 0.25) is 0 Å². The van der Waals surface area contributed by atoms with Crippen LogP contribution in [0.4, 0.5) is 0 Å². The first kappa shape index (κ1) is 39.7. The Kier molecular flexibility index (Phi) is 10.5. The zero-order chi connectivity index (χ0) is 42.8. The molecule has 0 aliphatic heterocycles. The molecule has 0 fully saturated rings. The molecule has 0 radical (unpaired) electrons. The fraction of sp³-hybridized carbons (Fsp3) is 0.154. The summed E-state index contributed by atoms with van der Waals surface area (Å²) in [5, 5.41) is 0. The van der Waals surface area contributed by atoms with Gasteiger partial charge in [0.15, 0.2) is 40.8 Å². The van der Waals surface area contributed by atoms with Crippen LogP contribution in [0.25, 0.3) is 90.8 Å². The van der Waals surface area contributed by atoms with Gasteiger partial charge in [-0.25, -0.2) is 44.9 Å². The first-order chi connectivity index (χ1) is 29.9. The topological polar surface area (TPSA) is 129 Å². The van der Waals surface area contributed by atoms with Gasteiger partial charge in [0.1, 0.15) is 11.6 Å². The van der Waals surface area contributed by atoms with Crippen LogP contribution >= 0.6 is 0 Å². The third-order valence-corrected chi connectivity index (χ3v) is 10.2. The summed E-state index contributed by atoms with van der Waals surface area (Å²) in [6, 6.07) is 48.1. The zero-order valence-electron chi connectivity index (χ0n) is 35.5. The van der Waals surface area contributed by atoms with Gasteiger partial charge in [0.2, 0.25) is 0 Å². The summed E-state index contributed by atoms with van der Waals surface area (Å²) in [5.41, 5.74) is 7.04. The molecule has 0 saturated heterocycles. The Bertz CT molecular complexity index is 2930. The fourth-order valence-corrected chi connectivity index (χ4v) is 6.85. The van der Waals surface area contributed by atoms with Gasteiger partial charge in [-0.1, -0.05) is 157 Å². The summed E-state index contributed by atoms with van der Waals surface area (Å²) in [4.78, 5) is 49.8. The second-order valence-corrected chi connectivity index (χ2v) is 17.1. The first-order valence-corrected chi connectivity index (χ1v) is 20.6. The summed E-state index contributed by atoms with van der Waals surface area (Å²) in [6.45, 7) is 12.7. The molecule has 0 unspecified atom stereocenters. The maximum atomic E-state index is 5.20. The van der Waals surface area contributed by atoms with Crippen LogP contribution in [0.5, 0.6) is 0 Å². The van der Waals surface area contributed by atoms with E-state index in [1.807, 2.05) is 140 Å². The van der Waals surface area contributed by atoms with Gasteiger partial charge in [-0.15, -0.1) is 0 Å². The Hall–Kier alpha value is -7.72. The van der Waals surface area contributed by atoms with Gasteiger partial charge < -0.3 is 0 Å². The van der Waals surface area contributed by atoms with Gasteiger partial charge >= 0.3 is 0 Å². The average Bonchev–Trinajstić information content (AvgIpc) is 3.31. The maximum Gasteiger partial charge on any atom is 0.164 e. The van der Waals surface area contributed by atoms with E-state index in [4.69, 9.17) is 44.9 Å². The van der Waals surface area contributed by atoms with Crippen molar-refractivity contribution in [1.29, 1.82) is 0 Å². The minimum atomic E-state index is -0.278. The molecular weight excluding hydrogens is 765 g/mol. The Balaban J connectivity index is 1.24. The quantitative estimate of drug-likeness (QED) is 0.146. The lowest BCUT2D eigenvalue weighted by molar-refractivity contribution is 0.497. The smallest absolute Gasteiger partial charge is 0.164 e. The highest BCUT2D eigenvalue weighted by Crippen LogP contribution is 2.35. The van der Waals surface area contributed by atoms with Crippen molar-refractivity contribution in [3.05, 3.63) is 170 Å². The number of aromatic nitrogens is 10. The number of pyridine rings is 1. The van der Waals surface area contributed by atoms with Crippen LogP contribution in [0.15, 0.2) is 158 Å². The molecule has 0 aliphatic carbocycles. The van der Waals surface area contributed by atoms with E-state index < -0.39 is 0 Å². The molecule has 9 aromatic rings. The highest BCUT2D eigenvalue weighted by Gasteiger charge is 2.26. The minimum absolute atomic E-state index is 0.278. The van der Waals surface area contributed by atoms with Gasteiger partial charge in [-0.3, -0.25) is 4.98 Å². The van der Waals surface area contributed by atoms with Crippen LogP contribution in [-0.2, 0) is 10.8 Å². The Morgan fingerprint density at radius 2 is 0.597 bits per heavy atom. The first-order valence-electron chi connectivity index (χ1n) is 20.6. The van der Waals surface area contributed by atoms with E-state index in [9.17, 15) is 0 Å². The summed E-state index contributed by atoms with van der Waals surface area (Å²) in [5.74, 6) is 5.24. The second kappa shape index (κ2) is 16.4. The van der Waals surface area contributed by atoms with E-state index in [1.165, 1.54) is 0 Å². The van der Waals surface area contributed by atoms with Crippen LogP contribution in [0.3, 0.4) is 0 Å². The molecule has 4 aromatic heterocycles. The van der Waals surface area contributed by atoms with Gasteiger partial charge in [0.05, 0.1) is 0 Å². The molecule has 0 spiro atoms. The highest BCUT2D eigenvalue weighted by atomic mass is 15.1. The second-order valence-electron chi connectivity index (χ2n) is 17.1. The molecular formula is C52H44N10. The van der Waals surface area contributed by atoms with Gasteiger partial charge in [-0.2, -0.15) is 0 Å². The van der Waals surface area contributed by atoms with Crippen LogP contribution < -0.4 is 0 Å². The van der Waals surface area contributed by atoms with Crippen molar-refractivity contribution in [2.75, 3.05) is 0 Å². The van der Waals surface area contributed by atoms with Gasteiger partial charge in [0.25, 0.3) is 0 Å². The highest BCUT2D eigenvalue weighted by molar-refractivity contribution is 5.79. The van der Waals surface area contributed by atoms with Crippen molar-refractivity contribution < 1.29 is 0 Å². The standard InChI is InChI=1S/C52H44N10/c1-51(2,3)49-60-46(61-50(62-49)52(4,5)6)37-25-16-24-36(28-37)45-55-44(35-22-14-9-15-23-35)58-48(59-45)41-30-39(38-26-17-27-53-32-38)29-40(31-41)47-56-42(33-18-10-7-11-19-33)54-43(57-47)34-20-12-8-13-21-34/h7-32H,1-6H3.